The van der Waals surface area contributed by atoms with Gasteiger partial charge in [0.15, 0.2) is 5.96 Å². The molecule has 112 valence electrons. The van der Waals surface area contributed by atoms with Crippen molar-refractivity contribution in [1.82, 2.24) is 15.5 Å². The van der Waals surface area contributed by atoms with Gasteiger partial charge in [-0.05, 0) is 62.8 Å². The molecule has 2 N–H and O–H groups in total. The summed E-state index contributed by atoms with van der Waals surface area (Å²) in [6, 6.07) is 2.16. The molecule has 0 spiro atoms. The Morgan fingerprint density at radius 3 is 2.75 bits per heavy atom. The first kappa shape index (κ1) is 15.3. The molecule has 1 aliphatic heterocycles. The smallest absolute Gasteiger partial charge is 0.191 e. The van der Waals surface area contributed by atoms with Crippen molar-refractivity contribution in [1.29, 1.82) is 0 Å². The maximum atomic E-state index is 4.31. The summed E-state index contributed by atoms with van der Waals surface area (Å²) in [6.45, 7) is 6.47. The number of nitrogens with zero attached hydrogens (tertiary/aromatic N) is 2. The van der Waals surface area contributed by atoms with Gasteiger partial charge in [-0.1, -0.05) is 0 Å². The lowest BCUT2D eigenvalue weighted by Gasteiger charge is -2.29. The van der Waals surface area contributed by atoms with Gasteiger partial charge in [-0.25, -0.2) is 0 Å². The Labute approximate surface area is 126 Å². The molecule has 2 rings (SSSR count). The average molecular weight is 294 g/mol. The molecular weight excluding hydrogens is 268 g/mol. The SMILES string of the molecule is CN=C(NCc1sccc1C)NCC1CCN(C)CC1. The van der Waals surface area contributed by atoms with Crippen molar-refractivity contribution in [3.8, 4) is 0 Å². The summed E-state index contributed by atoms with van der Waals surface area (Å²) in [4.78, 5) is 8.09. The van der Waals surface area contributed by atoms with E-state index in [-0.39, 0.29) is 0 Å². The van der Waals surface area contributed by atoms with E-state index in [1.165, 1.54) is 36.4 Å². The molecule has 0 unspecified atom stereocenters. The molecular formula is C15H26N4S. The lowest BCUT2D eigenvalue weighted by atomic mass is 9.97. The standard InChI is InChI=1S/C15H26N4S/c1-12-6-9-20-14(12)11-18-15(16-2)17-10-13-4-7-19(3)8-5-13/h6,9,13H,4-5,7-8,10-11H2,1-3H3,(H2,16,17,18). The molecule has 1 aromatic rings. The fourth-order valence-electron chi connectivity index (χ4n) is 2.48. The lowest BCUT2D eigenvalue weighted by molar-refractivity contribution is 0.220. The van der Waals surface area contributed by atoms with Crippen molar-refractivity contribution in [2.24, 2.45) is 10.9 Å². The van der Waals surface area contributed by atoms with Crippen molar-refractivity contribution in [2.45, 2.75) is 26.3 Å². The van der Waals surface area contributed by atoms with Crippen molar-refractivity contribution >= 4 is 17.3 Å². The number of nitrogens with one attached hydrogen (secondary N) is 2. The summed E-state index contributed by atoms with van der Waals surface area (Å²) < 4.78 is 0. The first-order chi connectivity index (χ1) is 9.69. The van der Waals surface area contributed by atoms with Crippen LogP contribution in [0.25, 0.3) is 0 Å². The van der Waals surface area contributed by atoms with E-state index in [2.05, 4.69) is 45.9 Å². The molecule has 4 nitrogen and oxygen atoms in total. The predicted octanol–water partition coefficient (Wildman–Crippen LogP) is 2.06. The normalized spacial score (nSPS) is 18.2. The summed E-state index contributed by atoms with van der Waals surface area (Å²) in [5.74, 6) is 1.69. The number of guanidine groups is 1. The van der Waals surface area contributed by atoms with Gasteiger partial charge in [0.2, 0.25) is 0 Å². The van der Waals surface area contributed by atoms with Crippen molar-refractivity contribution in [3.05, 3.63) is 21.9 Å². The third-order valence-corrected chi connectivity index (χ3v) is 5.03. The predicted molar refractivity (Wildman–Crippen MR) is 87.5 cm³/mol. The monoisotopic (exact) mass is 294 g/mol. The van der Waals surface area contributed by atoms with Crippen molar-refractivity contribution in [3.63, 3.8) is 0 Å². The second-order valence-corrected chi connectivity index (χ2v) is 6.58. The van der Waals surface area contributed by atoms with Gasteiger partial charge in [0, 0.05) is 18.5 Å². The number of hydrogen-bond donors (Lipinski definition) is 2. The highest BCUT2D eigenvalue weighted by Gasteiger charge is 2.16. The van der Waals surface area contributed by atoms with Crippen LogP contribution in [-0.2, 0) is 6.54 Å². The summed E-state index contributed by atoms with van der Waals surface area (Å²) >= 11 is 1.80. The molecule has 0 aromatic carbocycles. The number of likely N-dealkylation sites (tertiary alicyclic amines) is 1. The van der Waals surface area contributed by atoms with Gasteiger partial charge in [-0.15, -0.1) is 11.3 Å². The highest BCUT2D eigenvalue weighted by atomic mass is 32.1. The molecule has 0 aliphatic carbocycles. The molecule has 1 aromatic heterocycles. The molecule has 0 amide bonds. The quantitative estimate of drug-likeness (QED) is 0.659. The Kier molecular flexibility index (Phi) is 5.86. The summed E-state index contributed by atoms with van der Waals surface area (Å²) in [7, 11) is 4.04. The summed E-state index contributed by atoms with van der Waals surface area (Å²) in [6.07, 6.45) is 2.56. The van der Waals surface area contributed by atoms with Crippen LogP contribution in [0.1, 0.15) is 23.3 Å². The number of thiophene rings is 1. The van der Waals surface area contributed by atoms with E-state index in [1.54, 1.807) is 11.3 Å². The molecule has 2 heterocycles. The number of rotatable bonds is 4. The van der Waals surface area contributed by atoms with Crippen LogP contribution in [0.2, 0.25) is 0 Å². The second-order valence-electron chi connectivity index (χ2n) is 5.58. The van der Waals surface area contributed by atoms with Gasteiger partial charge in [0.25, 0.3) is 0 Å². The van der Waals surface area contributed by atoms with E-state index >= 15 is 0 Å². The zero-order valence-electron chi connectivity index (χ0n) is 12.8. The zero-order chi connectivity index (χ0) is 14.4. The van der Waals surface area contributed by atoms with Gasteiger partial charge in [-0.3, -0.25) is 4.99 Å². The Morgan fingerprint density at radius 1 is 1.40 bits per heavy atom. The highest BCUT2D eigenvalue weighted by Crippen LogP contribution is 2.15. The topological polar surface area (TPSA) is 39.7 Å². The molecule has 0 radical (unpaired) electrons. The molecule has 0 saturated carbocycles. The Bertz CT molecular complexity index is 433. The third kappa shape index (κ3) is 4.49. The number of hydrogen-bond acceptors (Lipinski definition) is 3. The van der Waals surface area contributed by atoms with Gasteiger partial charge < -0.3 is 15.5 Å². The number of piperidine rings is 1. The Hall–Kier alpha value is -1.07. The molecule has 1 fully saturated rings. The maximum absolute atomic E-state index is 4.31. The average Bonchev–Trinajstić information content (AvgIpc) is 2.86. The molecule has 1 aliphatic rings. The van der Waals surface area contributed by atoms with Crippen LogP contribution in [0.4, 0.5) is 0 Å². The largest absolute Gasteiger partial charge is 0.356 e. The molecule has 0 atom stereocenters. The van der Waals surface area contributed by atoms with E-state index in [9.17, 15) is 0 Å². The molecule has 1 saturated heterocycles. The second kappa shape index (κ2) is 7.64. The van der Waals surface area contributed by atoms with Gasteiger partial charge in [0.1, 0.15) is 0 Å². The minimum atomic E-state index is 0.772. The molecule has 5 heteroatoms. The molecule has 20 heavy (non-hydrogen) atoms. The summed E-state index contributed by atoms with van der Waals surface area (Å²) in [5, 5.41) is 9.00. The van der Waals surface area contributed by atoms with Crippen LogP contribution in [0.15, 0.2) is 16.4 Å². The van der Waals surface area contributed by atoms with Crippen molar-refractivity contribution < 1.29 is 0 Å². The first-order valence-electron chi connectivity index (χ1n) is 7.35. The summed E-state index contributed by atoms with van der Waals surface area (Å²) in [5.41, 5.74) is 1.35. The van der Waals surface area contributed by atoms with Crippen LogP contribution < -0.4 is 10.6 Å². The highest BCUT2D eigenvalue weighted by molar-refractivity contribution is 7.10. The lowest BCUT2D eigenvalue weighted by Crippen LogP contribution is -2.41. The number of aryl methyl sites for hydroxylation is 1. The fraction of sp³-hybridized carbons (Fsp3) is 0.667. The van der Waals surface area contributed by atoms with Gasteiger partial charge in [-0.2, -0.15) is 0 Å². The third-order valence-electron chi connectivity index (χ3n) is 4.00. The minimum absolute atomic E-state index is 0.772. The number of aliphatic imine (C=N–C) groups is 1. The van der Waals surface area contributed by atoms with E-state index in [0.717, 1.165) is 25.0 Å². The van der Waals surface area contributed by atoms with Crippen LogP contribution in [0, 0.1) is 12.8 Å². The Balaban J connectivity index is 1.71. The first-order valence-corrected chi connectivity index (χ1v) is 8.23. The minimum Gasteiger partial charge on any atom is -0.356 e. The van der Waals surface area contributed by atoms with E-state index in [4.69, 9.17) is 0 Å². The Morgan fingerprint density at radius 2 is 2.15 bits per heavy atom. The van der Waals surface area contributed by atoms with Crippen molar-refractivity contribution in [2.75, 3.05) is 33.7 Å². The van der Waals surface area contributed by atoms with E-state index in [1.807, 2.05) is 7.05 Å². The van der Waals surface area contributed by atoms with Gasteiger partial charge in [0.05, 0.1) is 6.54 Å². The van der Waals surface area contributed by atoms with E-state index in [0.29, 0.717) is 0 Å². The zero-order valence-corrected chi connectivity index (χ0v) is 13.6. The van der Waals surface area contributed by atoms with Crippen LogP contribution in [0.5, 0.6) is 0 Å². The van der Waals surface area contributed by atoms with Crippen LogP contribution in [0.3, 0.4) is 0 Å². The van der Waals surface area contributed by atoms with Crippen LogP contribution >= 0.6 is 11.3 Å². The maximum Gasteiger partial charge on any atom is 0.191 e. The van der Waals surface area contributed by atoms with Crippen LogP contribution in [-0.4, -0.2) is 44.6 Å². The van der Waals surface area contributed by atoms with Gasteiger partial charge >= 0.3 is 0 Å². The molecule has 0 bridgehead atoms. The fourth-order valence-corrected chi connectivity index (χ4v) is 3.32. The van der Waals surface area contributed by atoms with E-state index < -0.39 is 0 Å².